The highest BCUT2D eigenvalue weighted by Gasteiger charge is 2.36. The number of nitrogens with zero attached hydrogens (tertiary/aromatic N) is 4. The van der Waals surface area contributed by atoms with Gasteiger partial charge in [0.05, 0.1) is 23.4 Å². The predicted octanol–water partition coefficient (Wildman–Crippen LogP) is 7.78. The third-order valence-electron chi connectivity index (χ3n) is 7.42. The van der Waals surface area contributed by atoms with Crippen LogP contribution in [0.5, 0.6) is 11.5 Å². The highest BCUT2D eigenvalue weighted by Crippen LogP contribution is 2.46. The molecule has 1 unspecified atom stereocenters. The van der Waals surface area contributed by atoms with E-state index < -0.39 is 18.4 Å². The van der Waals surface area contributed by atoms with Gasteiger partial charge in [0.1, 0.15) is 35.3 Å². The second-order valence-corrected chi connectivity index (χ2v) is 11.4. The Morgan fingerprint density at radius 1 is 1.16 bits per heavy atom. The van der Waals surface area contributed by atoms with E-state index in [1.807, 2.05) is 13.8 Å². The minimum Gasteiger partial charge on any atom is -0.489 e. The Morgan fingerprint density at radius 3 is 2.62 bits per heavy atom. The molecule has 10 nitrogen and oxygen atoms in total. The summed E-state index contributed by atoms with van der Waals surface area (Å²) in [4.78, 5) is 17.8. The normalized spacial score (nSPS) is 16.4. The third-order valence-corrected chi connectivity index (χ3v) is 7.75. The molecule has 236 valence electrons. The molecule has 0 bridgehead atoms. The van der Waals surface area contributed by atoms with Crippen LogP contribution in [0.3, 0.4) is 0 Å². The largest absolute Gasteiger partial charge is 0.573 e. The summed E-state index contributed by atoms with van der Waals surface area (Å²) in [7, 11) is 1.29. The Bertz CT molecular complexity index is 1760. The summed E-state index contributed by atoms with van der Waals surface area (Å²) in [5.41, 5.74) is 3.00. The highest BCUT2D eigenvalue weighted by molar-refractivity contribution is 6.31. The molecular weight excluding hydrogens is 617 g/mol. The molecule has 45 heavy (non-hydrogen) atoms. The van der Waals surface area contributed by atoms with Crippen LogP contribution in [0, 0.1) is 0 Å². The van der Waals surface area contributed by atoms with Gasteiger partial charge in [-0.05, 0) is 51.0 Å². The molecule has 1 atom stereocenters. The Kier molecular flexibility index (Phi) is 8.21. The number of carbonyl (C=O) groups excluding carboxylic acids is 1. The van der Waals surface area contributed by atoms with Crippen molar-refractivity contribution >= 4 is 23.3 Å². The molecule has 3 heterocycles. The summed E-state index contributed by atoms with van der Waals surface area (Å²) in [6, 6.07) is 12.5. The van der Waals surface area contributed by atoms with Gasteiger partial charge < -0.3 is 23.6 Å². The van der Waals surface area contributed by atoms with Crippen molar-refractivity contribution in [2.24, 2.45) is 5.16 Å². The molecule has 6 rings (SSSR count). The van der Waals surface area contributed by atoms with Gasteiger partial charge >= 0.3 is 12.3 Å². The summed E-state index contributed by atoms with van der Waals surface area (Å²) < 4.78 is 61.7. The first-order valence-electron chi connectivity index (χ1n) is 14.2. The average molecular weight is 645 g/mol. The SMILES string of the molecule is COC(=O)c1cc(C2=NOC(c3ccc(OCc4c(-c5ccccc5OC(F)(F)F)noc4C4CC4)cc3Cl)C2)n(C(C)C)n1. The van der Waals surface area contributed by atoms with E-state index in [9.17, 15) is 18.0 Å². The summed E-state index contributed by atoms with van der Waals surface area (Å²) in [5, 5.41) is 13.1. The van der Waals surface area contributed by atoms with Gasteiger partial charge in [-0.3, -0.25) is 4.68 Å². The lowest BCUT2D eigenvalue weighted by atomic mass is 10.0. The summed E-state index contributed by atoms with van der Waals surface area (Å²) in [6.07, 6.45) is -3.21. The maximum atomic E-state index is 13.1. The molecule has 2 aromatic carbocycles. The van der Waals surface area contributed by atoms with Crippen molar-refractivity contribution in [3.63, 3.8) is 0 Å². The highest BCUT2D eigenvalue weighted by atomic mass is 35.5. The first-order chi connectivity index (χ1) is 21.5. The molecule has 0 radical (unpaired) electrons. The van der Waals surface area contributed by atoms with Crippen molar-refractivity contribution in [2.45, 2.75) is 64.1 Å². The van der Waals surface area contributed by atoms with Crippen molar-refractivity contribution in [1.29, 1.82) is 0 Å². The van der Waals surface area contributed by atoms with Crippen LogP contribution in [0.1, 0.15) is 84.2 Å². The topological polar surface area (TPSA) is 110 Å². The lowest BCUT2D eigenvalue weighted by Crippen LogP contribution is -2.17. The fourth-order valence-corrected chi connectivity index (χ4v) is 5.43. The fraction of sp³-hybridized carbons (Fsp3) is 0.355. The van der Waals surface area contributed by atoms with E-state index in [1.165, 1.54) is 25.3 Å². The maximum absolute atomic E-state index is 13.1. The first kappa shape index (κ1) is 30.5. The molecule has 4 aromatic rings. The van der Waals surface area contributed by atoms with Crippen LogP contribution in [0.2, 0.25) is 5.02 Å². The minimum absolute atomic E-state index is 0.0183. The maximum Gasteiger partial charge on any atom is 0.573 e. The molecule has 1 aliphatic heterocycles. The monoisotopic (exact) mass is 644 g/mol. The summed E-state index contributed by atoms with van der Waals surface area (Å²) >= 11 is 6.67. The van der Waals surface area contributed by atoms with Crippen LogP contribution < -0.4 is 9.47 Å². The molecular formula is C31H28ClF3N4O6. The Balaban J connectivity index is 1.19. The Hall–Kier alpha value is -4.52. The zero-order valence-electron chi connectivity index (χ0n) is 24.4. The van der Waals surface area contributed by atoms with E-state index in [1.54, 1.807) is 35.0 Å². The second kappa shape index (κ2) is 12.1. The average Bonchev–Trinajstić information content (AvgIpc) is 3.38. The van der Waals surface area contributed by atoms with E-state index in [4.69, 9.17) is 30.4 Å². The number of rotatable bonds is 10. The molecule has 14 heteroatoms. The van der Waals surface area contributed by atoms with Crippen LogP contribution in [-0.2, 0) is 16.2 Å². The van der Waals surface area contributed by atoms with Gasteiger partial charge in [0.2, 0.25) is 0 Å². The van der Waals surface area contributed by atoms with E-state index >= 15 is 0 Å². The van der Waals surface area contributed by atoms with E-state index in [0.29, 0.717) is 45.5 Å². The predicted molar refractivity (Wildman–Crippen MR) is 155 cm³/mol. The molecule has 2 aliphatic rings. The van der Waals surface area contributed by atoms with E-state index in [0.717, 1.165) is 12.8 Å². The lowest BCUT2D eigenvalue weighted by Gasteiger charge is -2.14. The van der Waals surface area contributed by atoms with Gasteiger partial charge in [-0.1, -0.05) is 40.1 Å². The van der Waals surface area contributed by atoms with E-state index in [-0.39, 0.29) is 41.3 Å². The van der Waals surface area contributed by atoms with Gasteiger partial charge in [0.25, 0.3) is 0 Å². The van der Waals surface area contributed by atoms with Crippen molar-refractivity contribution in [3.8, 4) is 22.8 Å². The standard InChI is InChI=1S/C31H28ClF3N4O6/c1-16(2)39-25(13-24(36-39)30(40)41-3)23-14-27(44-37-23)19-11-10-18(12-22(19)32)42-15-21-28(38-45-29(21)17-8-9-17)20-6-4-5-7-26(20)43-31(33,34)35/h4-7,10-13,16-17,27H,8-9,14-15H2,1-3H3. The second-order valence-electron chi connectivity index (χ2n) is 10.9. The van der Waals surface area contributed by atoms with Crippen molar-refractivity contribution < 1.29 is 41.5 Å². The number of alkyl halides is 3. The number of benzene rings is 2. The molecule has 0 amide bonds. The van der Waals surface area contributed by atoms with Gasteiger partial charge in [0, 0.05) is 35.6 Å². The van der Waals surface area contributed by atoms with Gasteiger partial charge in [-0.15, -0.1) is 13.2 Å². The molecule has 2 aromatic heterocycles. The van der Waals surface area contributed by atoms with Crippen LogP contribution in [0.4, 0.5) is 13.2 Å². The molecule has 0 spiro atoms. The number of aromatic nitrogens is 3. The number of methoxy groups -OCH3 is 1. The quantitative estimate of drug-likeness (QED) is 0.161. The van der Waals surface area contributed by atoms with Gasteiger partial charge in [-0.2, -0.15) is 5.10 Å². The zero-order valence-corrected chi connectivity index (χ0v) is 25.2. The summed E-state index contributed by atoms with van der Waals surface area (Å²) in [5.74, 6) is 0.194. The van der Waals surface area contributed by atoms with Crippen molar-refractivity contribution in [2.75, 3.05) is 7.11 Å². The number of halogens is 4. The lowest BCUT2D eigenvalue weighted by molar-refractivity contribution is -0.274. The third kappa shape index (κ3) is 6.48. The fourth-order valence-electron chi connectivity index (χ4n) is 5.13. The molecule has 1 fully saturated rings. The number of hydrogen-bond acceptors (Lipinski definition) is 9. The van der Waals surface area contributed by atoms with Crippen LogP contribution in [0.25, 0.3) is 11.3 Å². The van der Waals surface area contributed by atoms with E-state index in [2.05, 4.69) is 20.1 Å². The molecule has 1 aliphatic carbocycles. The Morgan fingerprint density at radius 2 is 1.93 bits per heavy atom. The number of oxime groups is 1. The molecule has 0 N–H and O–H groups in total. The number of hydrogen-bond donors (Lipinski definition) is 0. The van der Waals surface area contributed by atoms with Gasteiger partial charge in [0.15, 0.2) is 11.8 Å². The van der Waals surface area contributed by atoms with Gasteiger partial charge in [-0.25, -0.2) is 4.79 Å². The van der Waals surface area contributed by atoms with Crippen molar-refractivity contribution in [3.05, 3.63) is 81.8 Å². The smallest absolute Gasteiger partial charge is 0.489 e. The molecule has 1 saturated carbocycles. The summed E-state index contributed by atoms with van der Waals surface area (Å²) in [6.45, 7) is 3.86. The minimum atomic E-state index is -4.87. The van der Waals surface area contributed by atoms with Crippen LogP contribution in [-0.4, -0.2) is 40.1 Å². The Labute approximate surface area is 260 Å². The molecule has 0 saturated heterocycles. The number of para-hydroxylation sites is 1. The van der Waals surface area contributed by atoms with Crippen molar-refractivity contribution in [1.82, 2.24) is 14.9 Å². The zero-order chi connectivity index (χ0) is 31.9. The van der Waals surface area contributed by atoms with Crippen LogP contribution >= 0.6 is 11.6 Å². The number of carbonyl (C=O) groups is 1. The van der Waals surface area contributed by atoms with Crippen LogP contribution in [0.15, 0.2) is 58.2 Å². The number of ether oxygens (including phenoxy) is 3. The number of esters is 1. The first-order valence-corrected chi connectivity index (χ1v) is 14.6.